The van der Waals surface area contributed by atoms with Crippen LogP contribution in [0.1, 0.15) is 46.5 Å². The first-order chi connectivity index (χ1) is 10.1. The van der Waals surface area contributed by atoms with Gasteiger partial charge in [0.25, 0.3) is 0 Å². The van der Waals surface area contributed by atoms with E-state index in [1.165, 1.54) is 11.1 Å². The van der Waals surface area contributed by atoms with Gasteiger partial charge in [0.1, 0.15) is 6.04 Å². The molecule has 3 rings (SSSR count). The molecule has 2 atom stereocenters. The first-order valence-corrected chi connectivity index (χ1v) is 7.10. The largest absolute Gasteiger partial charge is 0.368 e. The molecule has 1 aliphatic carbocycles. The van der Waals surface area contributed by atoms with Gasteiger partial charge in [0, 0.05) is 11.3 Å². The first-order valence-electron chi connectivity index (χ1n) is 7.10. The number of fused-ring (bicyclic) bond motifs is 1. The number of nitrogens with two attached hydrogens (primary N) is 1. The Morgan fingerprint density at radius 2 is 1.90 bits per heavy atom. The molecule has 2 N–H and O–H groups in total. The SMILES string of the molecule is Cc1ccc(C2Cc3nc(N)nc(C)c3C(N=O)C2)cc1. The highest BCUT2D eigenvalue weighted by atomic mass is 16.3. The third kappa shape index (κ3) is 2.51. The molecule has 5 heteroatoms. The monoisotopic (exact) mass is 282 g/mol. The van der Waals surface area contributed by atoms with Crippen LogP contribution in [0.3, 0.4) is 0 Å². The maximum atomic E-state index is 11.3. The van der Waals surface area contributed by atoms with Crippen LogP contribution in [0.5, 0.6) is 0 Å². The fourth-order valence-corrected chi connectivity index (χ4v) is 3.15. The molecule has 108 valence electrons. The highest BCUT2D eigenvalue weighted by Gasteiger charge is 2.31. The lowest BCUT2D eigenvalue weighted by Crippen LogP contribution is -2.20. The Bertz CT molecular complexity index is 681. The van der Waals surface area contributed by atoms with Gasteiger partial charge < -0.3 is 5.73 Å². The Hall–Kier alpha value is -2.30. The predicted octanol–water partition coefficient (Wildman–Crippen LogP) is 3.21. The number of aromatic nitrogens is 2. The van der Waals surface area contributed by atoms with E-state index >= 15 is 0 Å². The molecule has 2 aromatic rings. The molecule has 0 saturated carbocycles. The van der Waals surface area contributed by atoms with Crippen molar-refractivity contribution in [2.24, 2.45) is 5.18 Å². The van der Waals surface area contributed by atoms with Gasteiger partial charge >= 0.3 is 0 Å². The second-order valence-electron chi connectivity index (χ2n) is 5.70. The van der Waals surface area contributed by atoms with E-state index in [-0.39, 0.29) is 17.9 Å². The molecular formula is C16H18N4O. The molecule has 1 aromatic carbocycles. The van der Waals surface area contributed by atoms with Crippen LogP contribution in [0.15, 0.2) is 29.4 Å². The van der Waals surface area contributed by atoms with Crippen LogP contribution in [-0.2, 0) is 6.42 Å². The molecule has 0 fully saturated rings. The zero-order chi connectivity index (χ0) is 15.0. The van der Waals surface area contributed by atoms with E-state index in [0.717, 1.165) is 23.4 Å². The van der Waals surface area contributed by atoms with Crippen molar-refractivity contribution in [1.82, 2.24) is 9.97 Å². The lowest BCUT2D eigenvalue weighted by Gasteiger charge is -2.28. The molecule has 5 nitrogen and oxygen atoms in total. The Morgan fingerprint density at radius 3 is 2.57 bits per heavy atom. The van der Waals surface area contributed by atoms with Crippen molar-refractivity contribution >= 4 is 5.95 Å². The molecule has 2 unspecified atom stereocenters. The van der Waals surface area contributed by atoms with E-state index in [0.29, 0.717) is 6.42 Å². The summed E-state index contributed by atoms with van der Waals surface area (Å²) in [6, 6.07) is 8.02. The van der Waals surface area contributed by atoms with Crippen molar-refractivity contribution in [3.05, 3.63) is 57.3 Å². The quantitative estimate of drug-likeness (QED) is 0.857. The summed E-state index contributed by atoms with van der Waals surface area (Å²) in [5.74, 6) is 0.509. The highest BCUT2D eigenvalue weighted by molar-refractivity contribution is 5.39. The number of rotatable bonds is 2. The zero-order valence-corrected chi connectivity index (χ0v) is 12.2. The minimum absolute atomic E-state index is 0.245. The van der Waals surface area contributed by atoms with Crippen LogP contribution < -0.4 is 5.73 Å². The Morgan fingerprint density at radius 1 is 1.19 bits per heavy atom. The number of aryl methyl sites for hydroxylation is 2. The van der Waals surface area contributed by atoms with E-state index in [1.807, 2.05) is 6.92 Å². The summed E-state index contributed by atoms with van der Waals surface area (Å²) < 4.78 is 0. The standard InChI is InChI=1S/C16H18N4O/c1-9-3-5-11(6-4-9)12-7-13-15(14(8-12)20-21)10(2)18-16(17)19-13/h3-6,12,14H,7-8H2,1-2H3,(H2,17,18,19). The van der Waals surface area contributed by atoms with Crippen molar-refractivity contribution in [1.29, 1.82) is 0 Å². The van der Waals surface area contributed by atoms with Gasteiger partial charge in [0.15, 0.2) is 0 Å². The number of anilines is 1. The fourth-order valence-electron chi connectivity index (χ4n) is 3.15. The van der Waals surface area contributed by atoms with Crippen LogP contribution in [-0.4, -0.2) is 9.97 Å². The molecule has 0 amide bonds. The Kier molecular flexibility index (Phi) is 3.41. The third-order valence-electron chi connectivity index (χ3n) is 4.19. The van der Waals surface area contributed by atoms with Gasteiger partial charge in [-0.25, -0.2) is 9.97 Å². The van der Waals surface area contributed by atoms with E-state index in [2.05, 4.69) is 46.3 Å². The van der Waals surface area contributed by atoms with E-state index in [4.69, 9.17) is 5.73 Å². The molecule has 1 heterocycles. The molecule has 0 aliphatic heterocycles. The summed E-state index contributed by atoms with van der Waals surface area (Å²) in [6.45, 7) is 3.92. The smallest absolute Gasteiger partial charge is 0.220 e. The van der Waals surface area contributed by atoms with Gasteiger partial charge in [-0.1, -0.05) is 35.0 Å². The van der Waals surface area contributed by atoms with Crippen LogP contribution in [0.25, 0.3) is 0 Å². The topological polar surface area (TPSA) is 81.2 Å². The lowest BCUT2D eigenvalue weighted by atomic mass is 9.79. The van der Waals surface area contributed by atoms with Crippen LogP contribution in [0.2, 0.25) is 0 Å². The first kappa shape index (κ1) is 13.7. The second-order valence-corrected chi connectivity index (χ2v) is 5.70. The van der Waals surface area contributed by atoms with Crippen LogP contribution in [0, 0.1) is 18.8 Å². The zero-order valence-electron chi connectivity index (χ0n) is 12.2. The van der Waals surface area contributed by atoms with Gasteiger partial charge in [0.05, 0.1) is 5.69 Å². The minimum atomic E-state index is -0.388. The van der Waals surface area contributed by atoms with Gasteiger partial charge in [-0.15, -0.1) is 0 Å². The van der Waals surface area contributed by atoms with Crippen molar-refractivity contribution in [3.8, 4) is 0 Å². The number of benzene rings is 1. The number of nitroso groups, excluding NO2 is 1. The molecular weight excluding hydrogens is 264 g/mol. The minimum Gasteiger partial charge on any atom is -0.368 e. The summed E-state index contributed by atoms with van der Waals surface area (Å²) in [7, 11) is 0. The summed E-state index contributed by atoms with van der Waals surface area (Å²) in [5, 5.41) is 3.30. The van der Waals surface area contributed by atoms with Crippen molar-refractivity contribution in [2.45, 2.75) is 38.6 Å². The van der Waals surface area contributed by atoms with E-state index in [1.54, 1.807) is 0 Å². The number of hydrogen-bond donors (Lipinski definition) is 1. The molecule has 0 saturated heterocycles. The summed E-state index contributed by atoms with van der Waals surface area (Å²) in [4.78, 5) is 19.8. The third-order valence-corrected chi connectivity index (χ3v) is 4.19. The van der Waals surface area contributed by atoms with Crippen molar-refractivity contribution in [3.63, 3.8) is 0 Å². The second kappa shape index (κ2) is 5.24. The molecule has 21 heavy (non-hydrogen) atoms. The summed E-state index contributed by atoms with van der Waals surface area (Å²) in [5.41, 5.74) is 10.7. The normalized spacial score (nSPS) is 20.9. The van der Waals surface area contributed by atoms with Crippen molar-refractivity contribution < 1.29 is 0 Å². The predicted molar refractivity (Wildman–Crippen MR) is 82.0 cm³/mol. The molecule has 1 aromatic heterocycles. The van der Waals surface area contributed by atoms with E-state index < -0.39 is 0 Å². The highest BCUT2D eigenvalue weighted by Crippen LogP contribution is 2.41. The van der Waals surface area contributed by atoms with Crippen molar-refractivity contribution in [2.75, 3.05) is 5.73 Å². The van der Waals surface area contributed by atoms with E-state index in [9.17, 15) is 4.91 Å². The van der Waals surface area contributed by atoms with Crippen LogP contribution >= 0.6 is 0 Å². The van der Waals surface area contributed by atoms with Crippen LogP contribution in [0.4, 0.5) is 5.95 Å². The Balaban J connectivity index is 2.02. The van der Waals surface area contributed by atoms with Gasteiger partial charge in [0.2, 0.25) is 5.95 Å². The van der Waals surface area contributed by atoms with Gasteiger partial charge in [-0.3, -0.25) is 0 Å². The number of nitrogen functional groups attached to an aromatic ring is 1. The maximum absolute atomic E-state index is 11.3. The maximum Gasteiger partial charge on any atom is 0.220 e. The molecule has 0 spiro atoms. The fraction of sp³-hybridized carbons (Fsp3) is 0.375. The Labute approximate surface area is 123 Å². The average Bonchev–Trinajstić information content (AvgIpc) is 2.46. The molecule has 1 aliphatic rings. The number of hydrogen-bond acceptors (Lipinski definition) is 5. The molecule has 0 radical (unpaired) electrons. The van der Waals surface area contributed by atoms with Gasteiger partial charge in [-0.2, -0.15) is 4.91 Å². The number of nitrogens with zero attached hydrogens (tertiary/aromatic N) is 3. The average molecular weight is 282 g/mol. The molecule has 0 bridgehead atoms. The lowest BCUT2D eigenvalue weighted by molar-refractivity contribution is 0.489. The van der Waals surface area contributed by atoms with Gasteiger partial charge in [-0.05, 0) is 38.2 Å². The summed E-state index contributed by atoms with van der Waals surface area (Å²) in [6.07, 6.45) is 1.48. The summed E-state index contributed by atoms with van der Waals surface area (Å²) >= 11 is 0.